The van der Waals surface area contributed by atoms with Crippen molar-refractivity contribution >= 4 is 11.5 Å². The Morgan fingerprint density at radius 2 is 2.04 bits per heavy atom. The number of anilines is 1. The maximum absolute atomic E-state index is 12.0. The van der Waals surface area contributed by atoms with Crippen LogP contribution in [-0.2, 0) is 6.61 Å². The number of nitrogens with zero attached hydrogens (tertiary/aromatic N) is 2. The van der Waals surface area contributed by atoms with E-state index in [0.29, 0.717) is 11.4 Å². The quantitative estimate of drug-likeness (QED) is 0.444. The summed E-state index contributed by atoms with van der Waals surface area (Å²) < 4.78 is 5.47. The molecule has 27 heavy (non-hydrogen) atoms. The van der Waals surface area contributed by atoms with E-state index >= 15 is 0 Å². The second-order valence-electron chi connectivity index (χ2n) is 5.59. The summed E-state index contributed by atoms with van der Waals surface area (Å²) in [6, 6.07) is 10.8. The summed E-state index contributed by atoms with van der Waals surface area (Å²) in [7, 11) is 0. The van der Waals surface area contributed by atoms with Crippen LogP contribution in [0.2, 0.25) is 0 Å². The molecule has 138 valence electrons. The Hall–Kier alpha value is -3.72. The van der Waals surface area contributed by atoms with Gasteiger partial charge in [-0.3, -0.25) is 14.9 Å². The number of hydrogen-bond donors (Lipinski definition) is 3. The smallest absolute Gasteiger partial charge is 0.269 e. The average molecular weight is 369 g/mol. The summed E-state index contributed by atoms with van der Waals surface area (Å²) in [5.74, 6) is -0.499. The molecule has 2 aromatic heterocycles. The first kappa shape index (κ1) is 18.1. The number of rotatable bonds is 6. The molecule has 0 aliphatic rings. The number of non-ortho nitro benzene ring substituents is 1. The maximum atomic E-state index is 12.0. The molecule has 0 spiro atoms. The highest BCUT2D eigenvalue weighted by Crippen LogP contribution is 2.32. The van der Waals surface area contributed by atoms with Gasteiger partial charge >= 0.3 is 0 Å². The van der Waals surface area contributed by atoms with Crippen molar-refractivity contribution in [1.29, 1.82) is 0 Å². The molecule has 3 aromatic rings. The van der Waals surface area contributed by atoms with Crippen LogP contribution in [0.5, 0.6) is 5.75 Å². The van der Waals surface area contributed by atoms with Gasteiger partial charge in [0.2, 0.25) is 11.2 Å². The minimum absolute atomic E-state index is 0.0500. The van der Waals surface area contributed by atoms with Gasteiger partial charge in [-0.25, -0.2) is 4.98 Å². The molecule has 3 N–H and O–H groups in total. The Morgan fingerprint density at radius 3 is 2.70 bits per heavy atom. The first-order chi connectivity index (χ1) is 13.0. The van der Waals surface area contributed by atoms with E-state index in [4.69, 9.17) is 4.42 Å². The summed E-state index contributed by atoms with van der Waals surface area (Å²) >= 11 is 0. The molecule has 0 amide bonds. The predicted molar refractivity (Wildman–Crippen MR) is 95.4 cm³/mol. The molecule has 1 unspecified atom stereocenters. The lowest BCUT2D eigenvalue weighted by Crippen LogP contribution is -2.17. The van der Waals surface area contributed by atoms with E-state index in [0.717, 1.165) is 6.07 Å². The number of nitro groups is 1. The normalized spacial score (nSPS) is 11.7. The topological polar surface area (TPSA) is 139 Å². The third kappa shape index (κ3) is 3.93. The molecule has 0 bridgehead atoms. The molecule has 9 nitrogen and oxygen atoms in total. The monoisotopic (exact) mass is 369 g/mol. The summed E-state index contributed by atoms with van der Waals surface area (Å²) in [4.78, 5) is 26.7. The van der Waals surface area contributed by atoms with Gasteiger partial charge in [0, 0.05) is 24.4 Å². The highest BCUT2D eigenvalue weighted by molar-refractivity contribution is 5.47. The van der Waals surface area contributed by atoms with Crippen LogP contribution in [0, 0.1) is 10.1 Å². The standard InChI is InChI=1S/C18H15N3O6/c22-10-13-9-14(23)17(24)18(27-13)16(20-15-6-1-2-7-19-15)11-4-3-5-12(8-11)21(25)26/h1-9,16,22,24H,10H2,(H,19,20). The fourth-order valence-electron chi connectivity index (χ4n) is 2.54. The van der Waals surface area contributed by atoms with Crippen molar-refractivity contribution in [1.82, 2.24) is 4.98 Å². The molecule has 9 heteroatoms. The van der Waals surface area contributed by atoms with E-state index < -0.39 is 28.8 Å². The second kappa shape index (κ2) is 7.67. The summed E-state index contributed by atoms with van der Waals surface area (Å²) in [6.45, 7) is -0.548. The molecule has 0 radical (unpaired) electrons. The molecule has 2 heterocycles. The van der Waals surface area contributed by atoms with Crippen LogP contribution in [0.3, 0.4) is 0 Å². The predicted octanol–water partition coefficient (Wildman–Crippen LogP) is 2.34. The van der Waals surface area contributed by atoms with Crippen LogP contribution in [0.1, 0.15) is 23.1 Å². The van der Waals surface area contributed by atoms with Gasteiger partial charge in [-0.15, -0.1) is 0 Å². The first-order valence-electron chi connectivity index (χ1n) is 7.88. The van der Waals surface area contributed by atoms with Crippen LogP contribution in [0.15, 0.2) is 63.9 Å². The minimum Gasteiger partial charge on any atom is -0.502 e. The zero-order valence-electron chi connectivity index (χ0n) is 13.9. The van der Waals surface area contributed by atoms with Gasteiger partial charge in [0.05, 0.1) is 4.92 Å². The van der Waals surface area contributed by atoms with E-state index in [2.05, 4.69) is 10.3 Å². The second-order valence-corrected chi connectivity index (χ2v) is 5.59. The number of nitro benzene ring substituents is 1. The third-order valence-electron chi connectivity index (χ3n) is 3.79. The van der Waals surface area contributed by atoms with E-state index in [-0.39, 0.29) is 17.2 Å². The number of hydrogen-bond acceptors (Lipinski definition) is 8. The Bertz CT molecular complexity index is 1020. The maximum Gasteiger partial charge on any atom is 0.269 e. The van der Waals surface area contributed by atoms with Crippen molar-refractivity contribution in [2.75, 3.05) is 5.32 Å². The van der Waals surface area contributed by atoms with Gasteiger partial charge in [-0.2, -0.15) is 0 Å². The molecule has 1 aromatic carbocycles. The van der Waals surface area contributed by atoms with Crippen LogP contribution >= 0.6 is 0 Å². The molecule has 3 rings (SSSR count). The van der Waals surface area contributed by atoms with Crippen molar-refractivity contribution < 1.29 is 19.6 Å². The summed E-state index contributed by atoms with van der Waals surface area (Å²) in [6.07, 6.45) is 1.53. The lowest BCUT2D eigenvalue weighted by molar-refractivity contribution is -0.384. The zero-order valence-corrected chi connectivity index (χ0v) is 13.9. The fraction of sp³-hybridized carbons (Fsp3) is 0.111. The van der Waals surface area contributed by atoms with Crippen molar-refractivity contribution in [2.24, 2.45) is 0 Å². The summed E-state index contributed by atoms with van der Waals surface area (Å²) in [5, 5.41) is 33.6. The molecule has 0 aliphatic heterocycles. The van der Waals surface area contributed by atoms with Gasteiger partial charge in [0.25, 0.3) is 5.69 Å². The van der Waals surface area contributed by atoms with Gasteiger partial charge in [0.1, 0.15) is 24.2 Å². The van der Waals surface area contributed by atoms with Crippen LogP contribution < -0.4 is 10.7 Å². The zero-order chi connectivity index (χ0) is 19.4. The average Bonchev–Trinajstić information content (AvgIpc) is 2.69. The van der Waals surface area contributed by atoms with E-state index in [9.17, 15) is 25.1 Å². The number of aliphatic hydroxyl groups is 1. The molecule has 1 atom stereocenters. The van der Waals surface area contributed by atoms with Crippen molar-refractivity contribution in [3.63, 3.8) is 0 Å². The lowest BCUT2D eigenvalue weighted by Gasteiger charge is -2.20. The minimum atomic E-state index is -0.959. The van der Waals surface area contributed by atoms with E-state index in [1.54, 1.807) is 24.3 Å². The van der Waals surface area contributed by atoms with E-state index in [1.807, 2.05) is 0 Å². The number of aliphatic hydroxyl groups excluding tert-OH is 1. The number of aromatic hydroxyl groups is 1. The van der Waals surface area contributed by atoms with Gasteiger partial charge in [0.15, 0.2) is 5.76 Å². The van der Waals surface area contributed by atoms with Crippen molar-refractivity contribution in [2.45, 2.75) is 12.6 Å². The van der Waals surface area contributed by atoms with E-state index in [1.165, 1.54) is 24.4 Å². The Morgan fingerprint density at radius 1 is 1.22 bits per heavy atom. The van der Waals surface area contributed by atoms with Crippen molar-refractivity contribution in [3.05, 3.63) is 92.1 Å². The molecular formula is C18H15N3O6. The molecule has 0 fully saturated rings. The fourth-order valence-corrected chi connectivity index (χ4v) is 2.54. The highest BCUT2D eigenvalue weighted by atomic mass is 16.6. The highest BCUT2D eigenvalue weighted by Gasteiger charge is 2.25. The van der Waals surface area contributed by atoms with Crippen LogP contribution in [-0.4, -0.2) is 20.1 Å². The van der Waals surface area contributed by atoms with Crippen molar-refractivity contribution in [3.8, 4) is 5.75 Å². The molecule has 0 saturated carbocycles. The number of benzene rings is 1. The van der Waals surface area contributed by atoms with Gasteiger partial charge < -0.3 is 19.9 Å². The van der Waals surface area contributed by atoms with Gasteiger partial charge in [-0.1, -0.05) is 18.2 Å². The summed E-state index contributed by atoms with van der Waals surface area (Å²) in [5.41, 5.74) is -0.539. The number of pyridine rings is 1. The Kier molecular flexibility index (Phi) is 5.13. The lowest BCUT2D eigenvalue weighted by atomic mass is 10.0. The third-order valence-corrected chi connectivity index (χ3v) is 3.79. The first-order valence-corrected chi connectivity index (χ1v) is 7.88. The number of aromatic nitrogens is 1. The molecule has 0 saturated heterocycles. The molecular weight excluding hydrogens is 354 g/mol. The SMILES string of the molecule is O=c1cc(CO)oc(C(Nc2ccccn2)c2cccc([N+](=O)[O-])c2)c1O. The Balaban J connectivity index is 2.16. The number of nitrogens with one attached hydrogen (secondary N) is 1. The Labute approximate surface area is 152 Å². The van der Waals surface area contributed by atoms with Gasteiger partial charge in [-0.05, 0) is 17.7 Å². The molecule has 0 aliphatic carbocycles. The van der Waals surface area contributed by atoms with Crippen LogP contribution in [0.4, 0.5) is 11.5 Å². The van der Waals surface area contributed by atoms with Crippen LogP contribution in [0.25, 0.3) is 0 Å². The largest absolute Gasteiger partial charge is 0.502 e.